The predicted molar refractivity (Wildman–Crippen MR) is 165 cm³/mol. The van der Waals surface area contributed by atoms with Crippen LogP contribution in [0, 0.1) is 0 Å². The smallest absolute Gasteiger partial charge is 0.245 e. The molecule has 2 aliphatic heterocycles. The summed E-state index contributed by atoms with van der Waals surface area (Å²) in [4.78, 5) is 8.08. The lowest BCUT2D eigenvalue weighted by atomic mass is 9.74. The summed E-state index contributed by atoms with van der Waals surface area (Å²) in [7, 11) is -3.03. The summed E-state index contributed by atoms with van der Waals surface area (Å²) in [6.45, 7) is 3.08. The second-order valence-electron chi connectivity index (χ2n) is 11.3. The summed E-state index contributed by atoms with van der Waals surface area (Å²) in [6, 6.07) is 24.9. The lowest BCUT2D eigenvalue weighted by Crippen LogP contribution is -2.44. The van der Waals surface area contributed by atoms with Crippen LogP contribution in [0.1, 0.15) is 36.3 Å². The first-order chi connectivity index (χ1) is 19.8. The highest BCUT2D eigenvalue weighted by atomic mass is 35.5. The average molecular weight is 608 g/mol. The van der Waals surface area contributed by atoms with Gasteiger partial charge in [0.2, 0.25) is 10.0 Å². The van der Waals surface area contributed by atoms with Crippen molar-refractivity contribution in [2.75, 3.05) is 39.0 Å². The molecule has 3 heterocycles. The number of halogens is 1. The maximum absolute atomic E-state index is 13.8. The number of fused-ring (bicyclic) bond motifs is 3. The molecule has 0 saturated carbocycles. The molecule has 1 saturated heterocycles. The van der Waals surface area contributed by atoms with E-state index in [9.17, 15) is 12.6 Å². The molecule has 1 aromatic heterocycles. The Morgan fingerprint density at radius 1 is 1.00 bits per heavy atom. The van der Waals surface area contributed by atoms with Crippen LogP contribution in [0.15, 0.2) is 94.9 Å². The fourth-order valence-electron chi connectivity index (χ4n) is 6.43. The third-order valence-electron chi connectivity index (χ3n) is 8.82. The van der Waals surface area contributed by atoms with Crippen molar-refractivity contribution >= 4 is 43.3 Å². The number of likely N-dealkylation sites (tertiary alicyclic amines) is 1. The highest BCUT2D eigenvalue weighted by molar-refractivity contribution is 7.89. The number of hydrogen-bond acceptors (Lipinski definition) is 5. The van der Waals surface area contributed by atoms with Crippen molar-refractivity contribution in [2.24, 2.45) is 0 Å². The van der Waals surface area contributed by atoms with Gasteiger partial charge < -0.3 is 4.90 Å². The predicted octanol–water partition coefficient (Wildman–Crippen LogP) is 5.84. The molecule has 9 heteroatoms. The van der Waals surface area contributed by atoms with E-state index in [1.165, 1.54) is 9.87 Å². The van der Waals surface area contributed by atoms with Gasteiger partial charge in [0.1, 0.15) is 4.90 Å². The number of pyridine rings is 1. The average Bonchev–Trinajstić information content (AvgIpc) is 3.26. The van der Waals surface area contributed by atoms with Crippen molar-refractivity contribution in [1.82, 2.24) is 14.2 Å². The summed E-state index contributed by atoms with van der Waals surface area (Å²) in [5.74, 6) is 0.713. The van der Waals surface area contributed by atoms with E-state index >= 15 is 0 Å². The number of likely N-dealkylation sites (N-methyl/N-ethyl adjacent to an activating group) is 1. The minimum Gasteiger partial charge on any atom is -0.303 e. The van der Waals surface area contributed by atoms with Crippen molar-refractivity contribution in [3.63, 3.8) is 0 Å². The van der Waals surface area contributed by atoms with Gasteiger partial charge in [0.25, 0.3) is 0 Å². The molecule has 41 heavy (non-hydrogen) atoms. The van der Waals surface area contributed by atoms with Crippen LogP contribution in [-0.4, -0.2) is 65.8 Å². The summed E-state index contributed by atoms with van der Waals surface area (Å²) in [6.07, 6.45) is 4.42. The second-order valence-corrected chi connectivity index (χ2v) is 15.1. The van der Waals surface area contributed by atoms with Crippen molar-refractivity contribution in [2.45, 2.75) is 40.4 Å². The molecule has 4 aromatic rings. The third-order valence-corrected chi connectivity index (χ3v) is 12.6. The quantitative estimate of drug-likeness (QED) is 0.252. The summed E-state index contributed by atoms with van der Waals surface area (Å²) < 4.78 is 41.8. The zero-order valence-corrected chi connectivity index (χ0v) is 25.5. The molecule has 1 unspecified atom stereocenters. The van der Waals surface area contributed by atoms with Crippen LogP contribution in [0.25, 0.3) is 10.9 Å². The van der Waals surface area contributed by atoms with E-state index in [1.807, 2.05) is 54.6 Å². The molecule has 3 aromatic carbocycles. The number of benzene rings is 3. The zero-order chi connectivity index (χ0) is 28.6. The van der Waals surface area contributed by atoms with Crippen molar-refractivity contribution in [3.8, 4) is 0 Å². The highest BCUT2D eigenvalue weighted by Crippen LogP contribution is 2.45. The van der Waals surface area contributed by atoms with Gasteiger partial charge >= 0.3 is 0 Å². The second kappa shape index (κ2) is 11.6. The topological polar surface area (TPSA) is 70.6 Å². The number of sulfonamides is 1. The van der Waals surface area contributed by atoms with Gasteiger partial charge in [-0.2, -0.15) is 0 Å². The molecule has 1 fully saturated rings. The molecule has 2 aliphatic rings. The number of rotatable bonds is 8. The maximum Gasteiger partial charge on any atom is 0.245 e. The number of para-hydroxylation sites is 1. The molecule has 0 radical (unpaired) electrons. The summed E-state index contributed by atoms with van der Waals surface area (Å²) >= 11 is 6.19. The van der Waals surface area contributed by atoms with Gasteiger partial charge in [0.15, 0.2) is 0 Å². The van der Waals surface area contributed by atoms with Crippen LogP contribution in [0.3, 0.4) is 0 Å². The fraction of sp³-hybridized carbons (Fsp3) is 0.344. The highest BCUT2D eigenvalue weighted by Gasteiger charge is 2.44. The van der Waals surface area contributed by atoms with Crippen LogP contribution in [0.2, 0.25) is 5.02 Å². The normalized spacial score (nSPS) is 19.5. The first kappa shape index (κ1) is 28.5. The molecule has 214 valence electrons. The number of aromatic nitrogens is 1. The van der Waals surface area contributed by atoms with Gasteiger partial charge in [-0.25, -0.2) is 12.7 Å². The Bertz CT molecular complexity index is 1680. The van der Waals surface area contributed by atoms with E-state index in [0.29, 0.717) is 17.1 Å². The zero-order valence-electron chi connectivity index (χ0n) is 23.1. The Kier molecular flexibility index (Phi) is 8.04. The Morgan fingerprint density at radius 2 is 1.73 bits per heavy atom. The number of hydrogen-bond donors (Lipinski definition) is 0. The molecule has 6 rings (SSSR count). The molecule has 1 spiro atoms. The Balaban J connectivity index is 1.17. The standard InChI is InChI=1S/C32H34ClN3O3S2/c1-35(41(38,39)30-10-4-6-25-7-5-18-34-31(25)30)22-26(24-11-13-27(33)14-12-24)15-19-36-20-16-32(17-21-36)23-40(37)29-9-3-2-8-28(29)32/h2-14,18,26H,15-17,19-23H2,1H3/t26-,40?/m1/s1. The van der Waals surface area contributed by atoms with Crippen molar-refractivity contribution in [3.05, 3.63) is 101 Å². The van der Waals surface area contributed by atoms with Crippen molar-refractivity contribution < 1.29 is 12.6 Å². The molecule has 6 nitrogen and oxygen atoms in total. The summed E-state index contributed by atoms with van der Waals surface area (Å²) in [5, 5.41) is 1.46. The molecule has 0 bridgehead atoms. The first-order valence-electron chi connectivity index (χ1n) is 14.0. The van der Waals surface area contributed by atoms with Crippen LogP contribution in [0.5, 0.6) is 0 Å². The molecular weight excluding hydrogens is 574 g/mol. The largest absolute Gasteiger partial charge is 0.303 e. The van der Waals surface area contributed by atoms with Crippen LogP contribution in [0.4, 0.5) is 0 Å². The maximum atomic E-state index is 13.8. The Hall–Kier alpha value is -2.62. The molecule has 0 amide bonds. The van der Waals surface area contributed by atoms with Gasteiger partial charge in [-0.1, -0.05) is 60.1 Å². The van der Waals surface area contributed by atoms with Crippen molar-refractivity contribution in [1.29, 1.82) is 0 Å². The fourth-order valence-corrected chi connectivity index (χ4v) is 9.79. The molecule has 0 N–H and O–H groups in total. The van der Waals surface area contributed by atoms with E-state index in [0.717, 1.165) is 60.5 Å². The Morgan fingerprint density at radius 3 is 2.51 bits per heavy atom. The third kappa shape index (κ3) is 5.60. The van der Waals surface area contributed by atoms with Crippen LogP contribution < -0.4 is 0 Å². The minimum atomic E-state index is -3.77. The van der Waals surface area contributed by atoms with Gasteiger partial charge in [-0.3, -0.25) is 9.19 Å². The summed E-state index contributed by atoms with van der Waals surface area (Å²) in [5.41, 5.74) is 2.84. The van der Waals surface area contributed by atoms with Gasteiger partial charge in [0.05, 0.1) is 16.3 Å². The first-order valence-corrected chi connectivity index (χ1v) is 17.2. The monoisotopic (exact) mass is 607 g/mol. The SMILES string of the molecule is CN(C[C@@H](CCN1CCC2(CC1)CS(=O)c1ccccc12)c1ccc(Cl)cc1)S(=O)(=O)c1cccc2cccnc12. The van der Waals surface area contributed by atoms with Gasteiger partial charge in [0, 0.05) is 46.3 Å². The molecule has 2 atom stereocenters. The minimum absolute atomic E-state index is 0.00826. The van der Waals surface area contributed by atoms with Crippen LogP contribution >= 0.6 is 11.6 Å². The number of piperidine rings is 1. The van der Waals surface area contributed by atoms with E-state index < -0.39 is 20.8 Å². The van der Waals surface area contributed by atoms with E-state index in [2.05, 4.69) is 22.0 Å². The molecule has 0 aliphatic carbocycles. The van der Waals surface area contributed by atoms with E-state index in [-0.39, 0.29) is 16.2 Å². The van der Waals surface area contributed by atoms with E-state index in [1.54, 1.807) is 25.4 Å². The lowest BCUT2D eigenvalue weighted by Gasteiger charge is -2.40. The van der Waals surface area contributed by atoms with Gasteiger partial charge in [-0.05, 0) is 86.3 Å². The van der Waals surface area contributed by atoms with Crippen LogP contribution in [-0.2, 0) is 26.2 Å². The number of nitrogens with zero attached hydrogens (tertiary/aromatic N) is 3. The van der Waals surface area contributed by atoms with Gasteiger partial charge in [-0.15, -0.1) is 0 Å². The molecular formula is C32H34ClN3O3S2. The Labute approximate surface area is 249 Å². The lowest BCUT2D eigenvalue weighted by molar-refractivity contribution is 0.165. The van der Waals surface area contributed by atoms with E-state index in [4.69, 9.17) is 11.6 Å².